The van der Waals surface area contributed by atoms with Crippen LogP contribution in [0.4, 0.5) is 0 Å². The smallest absolute Gasteiger partial charge is 0.0844 e. The van der Waals surface area contributed by atoms with Crippen LogP contribution >= 0.6 is 34.8 Å². The predicted octanol–water partition coefficient (Wildman–Crippen LogP) is 5.23. The van der Waals surface area contributed by atoms with Crippen molar-refractivity contribution >= 4 is 34.8 Å². The maximum atomic E-state index is 10.3. The van der Waals surface area contributed by atoms with Crippen molar-refractivity contribution in [3.63, 3.8) is 0 Å². The minimum absolute atomic E-state index is 0.445. The van der Waals surface area contributed by atoms with Gasteiger partial charge in [0.1, 0.15) is 0 Å². The van der Waals surface area contributed by atoms with Crippen LogP contribution in [-0.4, -0.2) is 5.11 Å². The van der Waals surface area contributed by atoms with Crippen LogP contribution < -0.4 is 0 Å². The fourth-order valence-corrected chi connectivity index (χ4v) is 2.50. The van der Waals surface area contributed by atoms with E-state index in [1.807, 2.05) is 31.2 Å². The van der Waals surface area contributed by atoms with E-state index in [0.717, 1.165) is 16.7 Å². The molecule has 19 heavy (non-hydrogen) atoms. The number of aryl methyl sites for hydroxylation is 1. The van der Waals surface area contributed by atoms with E-state index in [-0.39, 0.29) is 0 Å². The number of halogens is 3. The average Bonchev–Trinajstić information content (AvgIpc) is 2.37. The maximum absolute atomic E-state index is 10.3. The summed E-state index contributed by atoms with van der Waals surface area (Å²) in [6.07, 6.45) is -0.218. The highest BCUT2D eigenvalue weighted by Gasteiger charge is 2.14. The molecule has 0 saturated carbocycles. The van der Waals surface area contributed by atoms with Gasteiger partial charge in [-0.15, -0.1) is 0 Å². The van der Waals surface area contributed by atoms with Gasteiger partial charge >= 0.3 is 0 Å². The average molecular weight is 316 g/mol. The van der Waals surface area contributed by atoms with E-state index in [0.29, 0.717) is 21.5 Å². The number of aliphatic hydroxyl groups excluding tert-OH is 1. The molecule has 0 fully saturated rings. The monoisotopic (exact) mass is 314 g/mol. The van der Waals surface area contributed by atoms with Gasteiger partial charge in [-0.3, -0.25) is 0 Å². The summed E-state index contributed by atoms with van der Waals surface area (Å²) in [7, 11) is 0. The minimum atomic E-state index is -0.662. The third-order valence-electron chi connectivity index (χ3n) is 2.99. The third kappa shape index (κ3) is 3.43. The van der Waals surface area contributed by atoms with Crippen LogP contribution in [0.2, 0.25) is 15.1 Å². The van der Waals surface area contributed by atoms with Gasteiger partial charge in [-0.05, 0) is 35.7 Å². The zero-order valence-electron chi connectivity index (χ0n) is 10.3. The van der Waals surface area contributed by atoms with E-state index in [1.54, 1.807) is 12.1 Å². The van der Waals surface area contributed by atoms with Crippen molar-refractivity contribution in [2.45, 2.75) is 19.4 Å². The molecule has 0 spiro atoms. The van der Waals surface area contributed by atoms with Gasteiger partial charge in [0.15, 0.2) is 0 Å². The summed E-state index contributed by atoms with van der Waals surface area (Å²) < 4.78 is 0. The first-order valence-electron chi connectivity index (χ1n) is 5.86. The maximum Gasteiger partial charge on any atom is 0.0844 e. The number of aliphatic hydroxyl groups is 1. The zero-order chi connectivity index (χ0) is 14.0. The second kappa shape index (κ2) is 6.15. The molecule has 0 aromatic heterocycles. The largest absolute Gasteiger partial charge is 0.388 e. The highest BCUT2D eigenvalue weighted by atomic mass is 35.5. The van der Waals surface area contributed by atoms with Crippen molar-refractivity contribution < 1.29 is 5.11 Å². The molecular weight excluding hydrogens is 303 g/mol. The summed E-state index contributed by atoms with van der Waals surface area (Å²) in [5, 5.41) is 11.9. The van der Waals surface area contributed by atoms with Crippen LogP contribution in [0.3, 0.4) is 0 Å². The van der Waals surface area contributed by atoms with Crippen molar-refractivity contribution in [2.75, 3.05) is 0 Å². The summed E-state index contributed by atoms with van der Waals surface area (Å²) in [4.78, 5) is 0. The zero-order valence-corrected chi connectivity index (χ0v) is 12.6. The molecule has 1 nitrogen and oxygen atoms in total. The molecule has 0 radical (unpaired) electrons. The van der Waals surface area contributed by atoms with Gasteiger partial charge in [0.2, 0.25) is 0 Å². The Kier molecular flexibility index (Phi) is 4.75. The Labute approximate surface area is 127 Å². The first-order chi connectivity index (χ1) is 8.99. The fourth-order valence-electron chi connectivity index (χ4n) is 1.93. The number of benzene rings is 2. The topological polar surface area (TPSA) is 20.2 Å². The van der Waals surface area contributed by atoms with E-state index in [1.165, 1.54) is 0 Å². The molecule has 0 aliphatic heterocycles. The number of hydrogen-bond donors (Lipinski definition) is 1. The molecule has 2 rings (SSSR count). The molecule has 0 amide bonds. The predicted molar refractivity (Wildman–Crippen MR) is 81.3 cm³/mol. The third-order valence-corrected chi connectivity index (χ3v) is 4.25. The summed E-state index contributed by atoms with van der Waals surface area (Å²) >= 11 is 18.0. The highest BCUT2D eigenvalue weighted by molar-refractivity contribution is 6.42. The Balaban J connectivity index is 2.23. The molecule has 0 bridgehead atoms. The summed E-state index contributed by atoms with van der Waals surface area (Å²) in [6, 6.07) is 11.0. The van der Waals surface area contributed by atoms with Gasteiger partial charge in [-0.2, -0.15) is 0 Å². The van der Waals surface area contributed by atoms with Crippen LogP contribution in [0.5, 0.6) is 0 Å². The van der Waals surface area contributed by atoms with Gasteiger partial charge < -0.3 is 5.11 Å². The summed E-state index contributed by atoms with van der Waals surface area (Å²) in [5.74, 6) is 0. The lowest BCUT2D eigenvalue weighted by molar-refractivity contribution is 0.178. The molecule has 0 heterocycles. The van der Waals surface area contributed by atoms with Crippen molar-refractivity contribution in [1.82, 2.24) is 0 Å². The van der Waals surface area contributed by atoms with E-state index in [2.05, 4.69) is 0 Å². The van der Waals surface area contributed by atoms with Gasteiger partial charge in [0.05, 0.1) is 16.1 Å². The number of hydrogen-bond acceptors (Lipinski definition) is 1. The van der Waals surface area contributed by atoms with E-state index in [4.69, 9.17) is 34.8 Å². The lowest BCUT2D eigenvalue weighted by Crippen LogP contribution is -2.03. The summed E-state index contributed by atoms with van der Waals surface area (Å²) in [5.41, 5.74) is 2.60. The normalized spacial score (nSPS) is 12.5. The molecule has 2 aromatic rings. The first kappa shape index (κ1) is 14.7. The molecule has 0 saturated heterocycles. The first-order valence-corrected chi connectivity index (χ1v) is 6.99. The molecule has 0 aliphatic carbocycles. The van der Waals surface area contributed by atoms with Crippen LogP contribution in [0.15, 0.2) is 36.4 Å². The molecular formula is C15H13Cl3O. The lowest BCUT2D eigenvalue weighted by Gasteiger charge is -2.14. The van der Waals surface area contributed by atoms with Gasteiger partial charge in [-0.1, -0.05) is 59.1 Å². The van der Waals surface area contributed by atoms with Crippen molar-refractivity contribution in [3.8, 4) is 0 Å². The molecule has 4 heteroatoms. The molecule has 0 aliphatic rings. The van der Waals surface area contributed by atoms with Gasteiger partial charge in [0, 0.05) is 11.4 Å². The van der Waals surface area contributed by atoms with E-state index >= 15 is 0 Å². The summed E-state index contributed by atoms with van der Waals surface area (Å²) in [6.45, 7) is 1.91. The van der Waals surface area contributed by atoms with Gasteiger partial charge in [-0.25, -0.2) is 0 Å². The molecule has 1 N–H and O–H groups in total. The van der Waals surface area contributed by atoms with Crippen molar-refractivity contribution in [1.29, 1.82) is 0 Å². The Hall–Kier alpha value is -0.730. The quantitative estimate of drug-likeness (QED) is 0.822. The van der Waals surface area contributed by atoms with Crippen LogP contribution in [0.25, 0.3) is 0 Å². The van der Waals surface area contributed by atoms with Crippen LogP contribution in [0, 0.1) is 6.92 Å². The molecule has 2 aromatic carbocycles. The lowest BCUT2D eigenvalue weighted by atomic mass is 10.00. The van der Waals surface area contributed by atoms with Gasteiger partial charge in [0.25, 0.3) is 0 Å². The van der Waals surface area contributed by atoms with Crippen LogP contribution in [0.1, 0.15) is 22.8 Å². The van der Waals surface area contributed by atoms with Crippen molar-refractivity contribution in [2.24, 2.45) is 0 Å². The second-order valence-electron chi connectivity index (χ2n) is 4.45. The van der Waals surface area contributed by atoms with E-state index < -0.39 is 6.10 Å². The Morgan fingerprint density at radius 3 is 2.47 bits per heavy atom. The molecule has 1 unspecified atom stereocenters. The van der Waals surface area contributed by atoms with Crippen LogP contribution in [-0.2, 0) is 6.42 Å². The van der Waals surface area contributed by atoms with Crippen molar-refractivity contribution in [3.05, 3.63) is 68.2 Å². The highest BCUT2D eigenvalue weighted by Crippen LogP contribution is 2.30. The minimum Gasteiger partial charge on any atom is -0.388 e. The molecule has 100 valence electrons. The SMILES string of the molecule is Cc1cccc(C(O)Cc2ccc(Cl)c(Cl)c2)c1Cl. The van der Waals surface area contributed by atoms with E-state index in [9.17, 15) is 5.11 Å². The standard InChI is InChI=1S/C15H13Cl3O/c1-9-3-2-4-11(15(9)18)14(19)8-10-5-6-12(16)13(17)7-10/h2-7,14,19H,8H2,1H3. The Morgan fingerprint density at radius 2 is 1.79 bits per heavy atom. The fraction of sp³-hybridized carbons (Fsp3) is 0.200. The Morgan fingerprint density at radius 1 is 1.05 bits per heavy atom. The molecule has 1 atom stereocenters. The Bertz CT molecular complexity index is 596. The second-order valence-corrected chi connectivity index (χ2v) is 5.64. The number of rotatable bonds is 3.